The molecule has 0 bridgehead atoms. The molecule has 8 heteroatoms. The summed E-state index contributed by atoms with van der Waals surface area (Å²) in [4.78, 5) is 19.3. The third-order valence-corrected chi connectivity index (χ3v) is 7.31. The topological polar surface area (TPSA) is 71.4 Å². The van der Waals surface area contributed by atoms with Crippen molar-refractivity contribution in [3.63, 3.8) is 0 Å². The third-order valence-electron chi connectivity index (χ3n) is 7.00. The molecule has 0 radical (unpaired) electrons. The van der Waals surface area contributed by atoms with Gasteiger partial charge >= 0.3 is 0 Å². The molecule has 0 spiro atoms. The Morgan fingerprint density at radius 2 is 1.77 bits per heavy atom. The second-order valence-electron chi connectivity index (χ2n) is 9.98. The van der Waals surface area contributed by atoms with Crippen molar-refractivity contribution in [1.82, 2.24) is 14.9 Å². The van der Waals surface area contributed by atoms with Gasteiger partial charge in [0, 0.05) is 35.0 Å². The zero-order chi connectivity index (χ0) is 27.5. The number of hydrogen-bond donors (Lipinski definition) is 2. The Morgan fingerprint density at radius 1 is 1.05 bits per heavy atom. The Morgan fingerprint density at radius 3 is 2.41 bits per heavy atom. The first-order chi connectivity index (χ1) is 18.8. The van der Waals surface area contributed by atoms with Gasteiger partial charge in [0.25, 0.3) is 5.91 Å². The number of ether oxygens (including phenoxy) is 1. The summed E-state index contributed by atoms with van der Waals surface area (Å²) in [5, 5.41) is 7.07. The van der Waals surface area contributed by atoms with E-state index in [0.29, 0.717) is 22.6 Å². The molecule has 2 N–H and O–H groups in total. The largest absolute Gasteiger partial charge is 0.484 e. The van der Waals surface area contributed by atoms with E-state index in [1.54, 1.807) is 0 Å². The molecule has 200 valence electrons. The van der Waals surface area contributed by atoms with Crippen molar-refractivity contribution < 1.29 is 9.53 Å². The van der Waals surface area contributed by atoms with Crippen LogP contribution in [0.2, 0.25) is 0 Å². The maximum atomic E-state index is 12.5. The van der Waals surface area contributed by atoms with Crippen molar-refractivity contribution in [2.45, 2.75) is 45.8 Å². The van der Waals surface area contributed by atoms with E-state index in [1.165, 1.54) is 17.0 Å². The van der Waals surface area contributed by atoms with Gasteiger partial charge in [-0.1, -0.05) is 24.3 Å². The third kappa shape index (κ3) is 5.52. The maximum absolute atomic E-state index is 12.5. The van der Waals surface area contributed by atoms with Crippen molar-refractivity contribution in [3.05, 3.63) is 108 Å². The standard InChI is InChI=1S/C31H33N5O2S/c1-20(2)35-21(3)18-26(22(35)4)30-29(27-12-8-9-17-32-27)34-31(39)36(30)24-15-13-23(14-16-24)33-28(37)19-38-25-10-6-5-7-11-25/h5-18,20,29-30H,19H2,1-4H3,(H,33,37)(H,34,39)/t29-,30-/m0/s1. The molecule has 4 aromatic rings. The van der Waals surface area contributed by atoms with E-state index in [-0.39, 0.29) is 24.6 Å². The predicted molar refractivity (Wildman–Crippen MR) is 159 cm³/mol. The summed E-state index contributed by atoms with van der Waals surface area (Å²) < 4.78 is 7.92. The fraction of sp³-hybridized carbons (Fsp3) is 0.258. The second kappa shape index (κ2) is 11.3. The normalized spacial score (nSPS) is 16.8. The van der Waals surface area contributed by atoms with E-state index < -0.39 is 0 Å². The first-order valence-electron chi connectivity index (χ1n) is 13.1. The van der Waals surface area contributed by atoms with Gasteiger partial charge in [-0.3, -0.25) is 9.78 Å². The van der Waals surface area contributed by atoms with Crippen molar-refractivity contribution in [1.29, 1.82) is 0 Å². The van der Waals surface area contributed by atoms with Crippen LogP contribution in [-0.4, -0.2) is 27.2 Å². The van der Waals surface area contributed by atoms with Gasteiger partial charge in [-0.15, -0.1) is 0 Å². The van der Waals surface area contributed by atoms with Gasteiger partial charge < -0.3 is 24.8 Å². The quantitative estimate of drug-likeness (QED) is 0.257. The van der Waals surface area contributed by atoms with Crippen LogP contribution in [0.5, 0.6) is 5.75 Å². The van der Waals surface area contributed by atoms with Crippen LogP contribution in [0, 0.1) is 13.8 Å². The summed E-state index contributed by atoms with van der Waals surface area (Å²) in [5.41, 5.74) is 6.19. The number of hydrogen-bond acceptors (Lipinski definition) is 4. The molecule has 1 aliphatic rings. The summed E-state index contributed by atoms with van der Waals surface area (Å²) >= 11 is 5.89. The van der Waals surface area contributed by atoms with E-state index in [2.05, 4.69) is 58.8 Å². The molecule has 3 heterocycles. The number of para-hydroxylation sites is 1. The zero-order valence-electron chi connectivity index (χ0n) is 22.6. The van der Waals surface area contributed by atoms with Gasteiger partial charge in [-0.25, -0.2) is 0 Å². The SMILES string of the molecule is Cc1cc([C@H]2[C@H](c3ccccn3)NC(=S)N2c2ccc(NC(=O)COc3ccccc3)cc2)c(C)n1C(C)C. The minimum Gasteiger partial charge on any atom is -0.484 e. The average Bonchev–Trinajstić information content (AvgIpc) is 3.43. The molecule has 1 saturated heterocycles. The lowest BCUT2D eigenvalue weighted by Crippen LogP contribution is -2.29. The minimum atomic E-state index is -0.223. The first-order valence-corrected chi connectivity index (χ1v) is 13.5. The Kier molecular flexibility index (Phi) is 7.65. The summed E-state index contributed by atoms with van der Waals surface area (Å²) in [6.07, 6.45) is 1.82. The highest BCUT2D eigenvalue weighted by atomic mass is 32.1. The molecule has 1 aliphatic heterocycles. The van der Waals surface area contributed by atoms with Crippen LogP contribution in [0.25, 0.3) is 0 Å². The molecular formula is C31H33N5O2S. The highest BCUT2D eigenvalue weighted by Gasteiger charge is 2.42. The number of aryl methyl sites for hydroxylation is 1. The molecular weight excluding hydrogens is 506 g/mol. The summed E-state index contributed by atoms with van der Waals surface area (Å²) in [6, 6.07) is 25.4. The van der Waals surface area contributed by atoms with E-state index in [0.717, 1.165) is 11.4 Å². The average molecular weight is 540 g/mol. The van der Waals surface area contributed by atoms with Crippen LogP contribution in [0.15, 0.2) is 85.1 Å². The highest BCUT2D eigenvalue weighted by Crippen LogP contribution is 2.43. The molecule has 39 heavy (non-hydrogen) atoms. The smallest absolute Gasteiger partial charge is 0.262 e. The molecule has 0 aliphatic carbocycles. The number of anilines is 2. The number of thiocarbonyl (C=S) groups is 1. The van der Waals surface area contributed by atoms with Crippen molar-refractivity contribution in [2.24, 2.45) is 0 Å². The number of aromatic nitrogens is 2. The number of nitrogens with zero attached hydrogens (tertiary/aromatic N) is 3. The molecule has 2 aromatic heterocycles. The highest BCUT2D eigenvalue weighted by molar-refractivity contribution is 7.80. The maximum Gasteiger partial charge on any atom is 0.262 e. The Bertz CT molecular complexity index is 1450. The van der Waals surface area contributed by atoms with E-state index in [4.69, 9.17) is 17.0 Å². The lowest BCUT2D eigenvalue weighted by molar-refractivity contribution is -0.118. The van der Waals surface area contributed by atoms with Crippen LogP contribution >= 0.6 is 12.2 Å². The number of carbonyl (C=O) groups excluding carboxylic acids is 1. The molecule has 2 atom stereocenters. The molecule has 2 aromatic carbocycles. The Hall–Kier alpha value is -4.17. The van der Waals surface area contributed by atoms with Gasteiger partial charge in [-0.2, -0.15) is 0 Å². The Labute approximate surface area is 234 Å². The number of rotatable bonds is 8. The molecule has 0 saturated carbocycles. The molecule has 5 rings (SSSR count). The predicted octanol–water partition coefficient (Wildman–Crippen LogP) is 6.28. The molecule has 1 amide bonds. The van der Waals surface area contributed by atoms with E-state index in [9.17, 15) is 4.79 Å². The number of amides is 1. The summed E-state index contributed by atoms with van der Waals surface area (Å²) in [7, 11) is 0. The van der Waals surface area contributed by atoms with Crippen LogP contribution in [0.4, 0.5) is 11.4 Å². The van der Waals surface area contributed by atoms with E-state index >= 15 is 0 Å². The van der Waals surface area contributed by atoms with Crippen LogP contribution in [-0.2, 0) is 4.79 Å². The minimum absolute atomic E-state index is 0.0643. The first kappa shape index (κ1) is 26.4. The van der Waals surface area contributed by atoms with Gasteiger partial charge in [0.15, 0.2) is 11.7 Å². The van der Waals surface area contributed by atoms with Gasteiger partial charge in [0.2, 0.25) is 0 Å². The van der Waals surface area contributed by atoms with E-state index in [1.807, 2.05) is 79.0 Å². The van der Waals surface area contributed by atoms with Gasteiger partial charge in [0.1, 0.15) is 5.75 Å². The van der Waals surface area contributed by atoms with Crippen molar-refractivity contribution >= 4 is 34.6 Å². The van der Waals surface area contributed by atoms with Gasteiger partial charge in [0.05, 0.1) is 17.8 Å². The molecule has 7 nitrogen and oxygen atoms in total. The van der Waals surface area contributed by atoms with Crippen molar-refractivity contribution in [3.8, 4) is 5.75 Å². The van der Waals surface area contributed by atoms with Crippen LogP contribution in [0.1, 0.15) is 54.6 Å². The summed E-state index contributed by atoms with van der Waals surface area (Å²) in [6.45, 7) is 8.66. The monoisotopic (exact) mass is 539 g/mol. The number of nitrogens with one attached hydrogen (secondary N) is 2. The fourth-order valence-corrected chi connectivity index (χ4v) is 5.76. The van der Waals surface area contributed by atoms with Gasteiger partial charge in [-0.05, 0) is 100 Å². The lowest BCUT2D eigenvalue weighted by atomic mass is 9.96. The fourth-order valence-electron chi connectivity index (χ4n) is 5.41. The lowest BCUT2D eigenvalue weighted by Gasteiger charge is -2.28. The molecule has 1 fully saturated rings. The number of carbonyl (C=O) groups is 1. The van der Waals surface area contributed by atoms with Crippen LogP contribution < -0.4 is 20.3 Å². The number of pyridine rings is 1. The second-order valence-corrected chi connectivity index (χ2v) is 10.4. The summed E-state index contributed by atoms with van der Waals surface area (Å²) in [5.74, 6) is 0.433. The number of benzene rings is 2. The van der Waals surface area contributed by atoms with Crippen LogP contribution in [0.3, 0.4) is 0 Å². The Balaban J connectivity index is 1.41. The van der Waals surface area contributed by atoms with Crippen molar-refractivity contribution in [2.75, 3.05) is 16.8 Å². The zero-order valence-corrected chi connectivity index (χ0v) is 23.4. The molecule has 0 unspecified atom stereocenters.